The van der Waals surface area contributed by atoms with Gasteiger partial charge in [-0.1, -0.05) is 0 Å². The molecule has 1 aromatic heterocycles. The fourth-order valence-electron chi connectivity index (χ4n) is 1.62. The highest BCUT2D eigenvalue weighted by molar-refractivity contribution is 9.10. The number of benzene rings is 1. The fourth-order valence-corrected chi connectivity index (χ4v) is 2.00. The van der Waals surface area contributed by atoms with Crippen molar-refractivity contribution in [1.29, 1.82) is 0 Å². The normalized spacial score (nSPS) is 12.5. The van der Waals surface area contributed by atoms with Gasteiger partial charge in [0.25, 0.3) is 0 Å². The van der Waals surface area contributed by atoms with Crippen molar-refractivity contribution in [3.63, 3.8) is 0 Å². The summed E-state index contributed by atoms with van der Waals surface area (Å²) in [5.41, 5.74) is 5.82. The highest BCUT2D eigenvalue weighted by Gasteiger charge is 2.20. The van der Waals surface area contributed by atoms with Crippen molar-refractivity contribution in [2.75, 3.05) is 0 Å². The van der Waals surface area contributed by atoms with E-state index < -0.39 is 23.5 Å². The van der Waals surface area contributed by atoms with Crippen LogP contribution in [0.5, 0.6) is 0 Å². The lowest BCUT2D eigenvalue weighted by Crippen LogP contribution is -2.16. The maximum Gasteiger partial charge on any atom is 0.134 e. The van der Waals surface area contributed by atoms with Crippen molar-refractivity contribution in [2.45, 2.75) is 6.04 Å². The minimum atomic E-state index is -1.05. The van der Waals surface area contributed by atoms with E-state index in [2.05, 4.69) is 20.9 Å². The molecule has 6 heteroatoms. The molecule has 1 atom stereocenters. The van der Waals surface area contributed by atoms with E-state index in [1.165, 1.54) is 12.4 Å². The van der Waals surface area contributed by atoms with E-state index >= 15 is 0 Å². The Balaban J connectivity index is 2.49. The molecule has 18 heavy (non-hydrogen) atoms. The van der Waals surface area contributed by atoms with E-state index in [9.17, 15) is 13.2 Å². The first-order valence-electron chi connectivity index (χ1n) is 4.99. The highest BCUT2D eigenvalue weighted by atomic mass is 79.9. The Hall–Kier alpha value is -1.40. The van der Waals surface area contributed by atoms with Gasteiger partial charge in [0.15, 0.2) is 0 Å². The predicted molar refractivity (Wildman–Crippen MR) is 64.3 cm³/mol. The number of hydrogen-bond acceptors (Lipinski definition) is 2. The molecular weight excluding hydrogens is 309 g/mol. The average Bonchev–Trinajstić information content (AvgIpc) is 2.27. The molecule has 0 spiro atoms. The molecule has 2 rings (SSSR count). The van der Waals surface area contributed by atoms with Crippen LogP contribution in [0.15, 0.2) is 35.1 Å². The summed E-state index contributed by atoms with van der Waals surface area (Å²) in [6, 6.07) is 1.75. The first kappa shape index (κ1) is 13.0. The van der Waals surface area contributed by atoms with Gasteiger partial charge < -0.3 is 5.73 Å². The van der Waals surface area contributed by atoms with Gasteiger partial charge in [-0.2, -0.15) is 0 Å². The quantitative estimate of drug-likeness (QED) is 0.923. The first-order valence-corrected chi connectivity index (χ1v) is 5.79. The maximum atomic E-state index is 13.6. The summed E-state index contributed by atoms with van der Waals surface area (Å²) in [5, 5.41) is 0. The summed E-state index contributed by atoms with van der Waals surface area (Å²) in [4.78, 5) is 3.86. The lowest BCUT2D eigenvalue weighted by molar-refractivity contribution is 0.515. The molecule has 0 bridgehead atoms. The number of pyridine rings is 1. The van der Waals surface area contributed by atoms with E-state index in [4.69, 9.17) is 5.73 Å². The zero-order valence-corrected chi connectivity index (χ0v) is 10.6. The van der Waals surface area contributed by atoms with E-state index in [-0.39, 0.29) is 5.56 Å². The van der Waals surface area contributed by atoms with Crippen LogP contribution in [-0.4, -0.2) is 4.98 Å². The van der Waals surface area contributed by atoms with Gasteiger partial charge in [-0.3, -0.25) is 4.98 Å². The smallest absolute Gasteiger partial charge is 0.134 e. The Bertz CT molecular complexity index is 566. The molecule has 1 aromatic carbocycles. The van der Waals surface area contributed by atoms with Gasteiger partial charge in [0.05, 0.1) is 6.04 Å². The summed E-state index contributed by atoms with van der Waals surface area (Å²) < 4.78 is 40.5. The molecule has 2 aromatic rings. The van der Waals surface area contributed by atoms with Gasteiger partial charge in [-0.15, -0.1) is 0 Å². The van der Waals surface area contributed by atoms with E-state index in [1.54, 1.807) is 6.07 Å². The molecule has 0 radical (unpaired) electrons. The van der Waals surface area contributed by atoms with Gasteiger partial charge in [0.1, 0.15) is 17.5 Å². The van der Waals surface area contributed by atoms with Crippen molar-refractivity contribution in [3.05, 3.63) is 63.6 Å². The van der Waals surface area contributed by atoms with E-state index in [0.717, 1.165) is 0 Å². The van der Waals surface area contributed by atoms with Crippen LogP contribution in [0, 0.1) is 17.5 Å². The summed E-state index contributed by atoms with van der Waals surface area (Å²) >= 11 is 3.19. The second-order valence-electron chi connectivity index (χ2n) is 3.70. The van der Waals surface area contributed by atoms with Crippen molar-refractivity contribution in [1.82, 2.24) is 4.98 Å². The molecule has 0 saturated heterocycles. The van der Waals surface area contributed by atoms with Crippen molar-refractivity contribution in [2.24, 2.45) is 5.73 Å². The van der Waals surface area contributed by atoms with Crippen LogP contribution in [0.3, 0.4) is 0 Å². The zero-order valence-electron chi connectivity index (χ0n) is 9.00. The van der Waals surface area contributed by atoms with Crippen molar-refractivity contribution in [3.8, 4) is 0 Å². The Kier molecular flexibility index (Phi) is 3.68. The topological polar surface area (TPSA) is 38.9 Å². The molecule has 0 aliphatic heterocycles. The van der Waals surface area contributed by atoms with Gasteiger partial charge in [0.2, 0.25) is 0 Å². The molecule has 94 valence electrons. The second-order valence-corrected chi connectivity index (χ2v) is 4.61. The number of nitrogens with two attached hydrogens (primary N) is 1. The third kappa shape index (κ3) is 2.54. The molecule has 1 heterocycles. The average molecular weight is 317 g/mol. The van der Waals surface area contributed by atoms with Crippen LogP contribution in [0.4, 0.5) is 13.2 Å². The first-order chi connectivity index (χ1) is 8.49. The van der Waals surface area contributed by atoms with E-state index in [0.29, 0.717) is 22.2 Å². The predicted octanol–water partition coefficient (Wildman–Crippen LogP) is 3.31. The minimum Gasteiger partial charge on any atom is -0.320 e. The van der Waals surface area contributed by atoms with Crippen molar-refractivity contribution < 1.29 is 13.2 Å². The molecule has 2 nitrogen and oxygen atoms in total. The Morgan fingerprint density at radius 2 is 1.67 bits per heavy atom. The van der Waals surface area contributed by atoms with Crippen LogP contribution in [0.2, 0.25) is 0 Å². The van der Waals surface area contributed by atoms with Gasteiger partial charge in [-0.05, 0) is 27.6 Å². The SMILES string of the molecule is NC(c1cncc(Br)c1)c1c(F)cc(F)cc1F. The Morgan fingerprint density at radius 1 is 1.06 bits per heavy atom. The molecule has 0 aliphatic carbocycles. The molecule has 0 fully saturated rings. The summed E-state index contributed by atoms with van der Waals surface area (Å²) in [7, 11) is 0. The minimum absolute atomic E-state index is 0.378. The van der Waals surface area contributed by atoms with Crippen LogP contribution >= 0.6 is 15.9 Å². The Labute approximate surface area is 110 Å². The van der Waals surface area contributed by atoms with E-state index in [1.807, 2.05) is 0 Å². The zero-order chi connectivity index (χ0) is 13.3. The largest absolute Gasteiger partial charge is 0.320 e. The fraction of sp³-hybridized carbons (Fsp3) is 0.0833. The number of halogens is 4. The lowest BCUT2D eigenvalue weighted by atomic mass is 10.00. The van der Waals surface area contributed by atoms with Crippen LogP contribution in [0.1, 0.15) is 17.2 Å². The van der Waals surface area contributed by atoms with Gasteiger partial charge in [0, 0.05) is 34.6 Å². The molecule has 2 N–H and O–H groups in total. The standard InChI is InChI=1S/C12H8BrF3N2/c13-7-1-6(4-18-5-7)12(17)11-9(15)2-8(14)3-10(11)16/h1-5,12H,17H2. The molecule has 0 aliphatic rings. The monoisotopic (exact) mass is 316 g/mol. The molecular formula is C12H8BrF3N2. The van der Waals surface area contributed by atoms with Crippen LogP contribution in [0.25, 0.3) is 0 Å². The lowest BCUT2D eigenvalue weighted by Gasteiger charge is -2.14. The van der Waals surface area contributed by atoms with Crippen molar-refractivity contribution >= 4 is 15.9 Å². The Morgan fingerprint density at radius 3 is 2.22 bits per heavy atom. The molecule has 0 saturated carbocycles. The highest BCUT2D eigenvalue weighted by Crippen LogP contribution is 2.26. The third-order valence-electron chi connectivity index (χ3n) is 2.44. The van der Waals surface area contributed by atoms with Crippen LogP contribution in [-0.2, 0) is 0 Å². The summed E-state index contributed by atoms with van der Waals surface area (Å²) in [5.74, 6) is -3.01. The summed E-state index contributed by atoms with van der Waals surface area (Å²) in [6.07, 6.45) is 2.92. The number of hydrogen-bond donors (Lipinski definition) is 1. The molecule has 1 unspecified atom stereocenters. The second kappa shape index (κ2) is 5.07. The third-order valence-corrected chi connectivity index (χ3v) is 2.87. The summed E-state index contributed by atoms with van der Waals surface area (Å²) in [6.45, 7) is 0. The number of nitrogens with zero attached hydrogens (tertiary/aromatic N) is 1. The maximum absolute atomic E-state index is 13.6. The number of rotatable bonds is 2. The van der Waals surface area contributed by atoms with Gasteiger partial charge >= 0.3 is 0 Å². The van der Waals surface area contributed by atoms with Crippen LogP contribution < -0.4 is 5.73 Å². The number of aromatic nitrogens is 1. The van der Waals surface area contributed by atoms with Gasteiger partial charge in [-0.25, -0.2) is 13.2 Å². The molecule has 0 amide bonds.